The average molecular weight is 281 g/mol. The Bertz CT molecular complexity index is 582. The Morgan fingerprint density at radius 3 is 2.50 bits per heavy atom. The zero-order valence-corrected chi connectivity index (χ0v) is 10.8. The van der Waals surface area contributed by atoms with Gasteiger partial charge < -0.3 is 5.11 Å². The summed E-state index contributed by atoms with van der Waals surface area (Å²) in [7, 11) is 0. The summed E-state index contributed by atoms with van der Waals surface area (Å²) in [4.78, 5) is 10.6. The van der Waals surface area contributed by atoms with Crippen molar-refractivity contribution in [2.24, 2.45) is 0 Å². The molecule has 0 saturated carbocycles. The lowest BCUT2D eigenvalue weighted by atomic mass is 10.0. The van der Waals surface area contributed by atoms with Crippen LogP contribution in [0.1, 0.15) is 27.6 Å². The number of aliphatic hydroxyl groups is 1. The molecule has 2 aromatic carbocycles. The Morgan fingerprint density at radius 2 is 1.89 bits per heavy atom. The Labute approximate surface area is 115 Å². The molecule has 0 aliphatic heterocycles. The van der Waals surface area contributed by atoms with Gasteiger partial charge in [-0.1, -0.05) is 47.5 Å². The molecule has 2 nitrogen and oxygen atoms in total. The molecule has 0 aromatic heterocycles. The number of carbonyl (C=O) groups excluding carboxylic acids is 1. The first-order valence-electron chi connectivity index (χ1n) is 5.30. The van der Waals surface area contributed by atoms with Gasteiger partial charge in [0.05, 0.1) is 0 Å². The van der Waals surface area contributed by atoms with E-state index < -0.39 is 6.10 Å². The third-order valence-electron chi connectivity index (χ3n) is 2.62. The topological polar surface area (TPSA) is 37.3 Å². The third kappa shape index (κ3) is 2.72. The van der Waals surface area contributed by atoms with Crippen molar-refractivity contribution in [1.82, 2.24) is 0 Å². The molecule has 1 N–H and O–H groups in total. The van der Waals surface area contributed by atoms with Crippen LogP contribution in [0, 0.1) is 0 Å². The van der Waals surface area contributed by atoms with E-state index in [1.165, 1.54) is 6.07 Å². The maximum atomic E-state index is 10.6. The molecule has 92 valence electrons. The summed E-state index contributed by atoms with van der Waals surface area (Å²) in [5.74, 6) is 0. The molecular weight excluding hydrogens is 271 g/mol. The number of hydrogen-bond donors (Lipinski definition) is 1. The lowest BCUT2D eigenvalue weighted by Crippen LogP contribution is -2.01. The lowest BCUT2D eigenvalue weighted by molar-refractivity contribution is 0.112. The largest absolute Gasteiger partial charge is 0.384 e. The van der Waals surface area contributed by atoms with Crippen molar-refractivity contribution >= 4 is 29.5 Å². The van der Waals surface area contributed by atoms with Gasteiger partial charge in [-0.3, -0.25) is 4.79 Å². The van der Waals surface area contributed by atoms with E-state index in [-0.39, 0.29) is 0 Å². The molecule has 0 aliphatic carbocycles. The summed E-state index contributed by atoms with van der Waals surface area (Å²) < 4.78 is 0. The second-order valence-corrected chi connectivity index (χ2v) is 4.70. The molecule has 1 atom stereocenters. The molecule has 0 aliphatic rings. The van der Waals surface area contributed by atoms with Gasteiger partial charge in [0.1, 0.15) is 12.4 Å². The molecule has 0 bridgehead atoms. The molecule has 2 aromatic rings. The first-order valence-corrected chi connectivity index (χ1v) is 6.05. The zero-order chi connectivity index (χ0) is 13.1. The van der Waals surface area contributed by atoms with Gasteiger partial charge in [-0.2, -0.15) is 0 Å². The predicted molar refractivity (Wildman–Crippen MR) is 72.4 cm³/mol. The summed E-state index contributed by atoms with van der Waals surface area (Å²) in [6.07, 6.45) is -0.154. The number of rotatable bonds is 3. The first kappa shape index (κ1) is 13.1. The monoisotopic (exact) mass is 280 g/mol. The van der Waals surface area contributed by atoms with Gasteiger partial charge in [-0.05, 0) is 23.8 Å². The van der Waals surface area contributed by atoms with E-state index in [9.17, 15) is 9.90 Å². The predicted octanol–water partition coefficient (Wildman–Crippen LogP) is 3.89. The van der Waals surface area contributed by atoms with Gasteiger partial charge in [0.2, 0.25) is 0 Å². The molecule has 1 unspecified atom stereocenters. The smallest absolute Gasteiger partial charge is 0.150 e. The number of hydrogen-bond acceptors (Lipinski definition) is 2. The Balaban J connectivity index is 2.39. The summed E-state index contributed by atoms with van der Waals surface area (Å²) in [5, 5.41) is 11.1. The van der Waals surface area contributed by atoms with Crippen LogP contribution in [-0.4, -0.2) is 11.4 Å². The fourth-order valence-corrected chi connectivity index (χ4v) is 2.19. The van der Waals surface area contributed by atoms with E-state index in [1.807, 2.05) is 0 Å². The summed E-state index contributed by atoms with van der Waals surface area (Å²) in [6.45, 7) is 0. The molecule has 4 heteroatoms. The fraction of sp³-hybridized carbons (Fsp3) is 0.0714. The van der Waals surface area contributed by atoms with Crippen molar-refractivity contribution in [1.29, 1.82) is 0 Å². The minimum Gasteiger partial charge on any atom is -0.384 e. The zero-order valence-electron chi connectivity index (χ0n) is 9.31. The lowest BCUT2D eigenvalue weighted by Gasteiger charge is -2.13. The van der Waals surface area contributed by atoms with E-state index >= 15 is 0 Å². The fourth-order valence-electron chi connectivity index (χ4n) is 1.69. The molecule has 0 amide bonds. The van der Waals surface area contributed by atoms with E-state index in [4.69, 9.17) is 23.2 Å². The highest BCUT2D eigenvalue weighted by molar-refractivity contribution is 6.31. The van der Waals surface area contributed by atoms with Gasteiger partial charge in [-0.25, -0.2) is 0 Å². The van der Waals surface area contributed by atoms with Crippen molar-refractivity contribution in [3.05, 3.63) is 69.2 Å². The Hall–Kier alpha value is -1.35. The summed E-state index contributed by atoms with van der Waals surface area (Å²) in [5.41, 5.74) is 1.68. The van der Waals surface area contributed by atoms with Crippen LogP contribution in [0.15, 0.2) is 42.5 Å². The molecule has 2 rings (SSSR count). The molecule has 18 heavy (non-hydrogen) atoms. The van der Waals surface area contributed by atoms with Crippen LogP contribution >= 0.6 is 23.2 Å². The van der Waals surface area contributed by atoms with Gasteiger partial charge in [0.15, 0.2) is 0 Å². The minimum absolute atomic E-state index is 0.354. The molecule has 0 radical (unpaired) electrons. The van der Waals surface area contributed by atoms with Crippen molar-refractivity contribution < 1.29 is 9.90 Å². The van der Waals surface area contributed by atoms with Crippen LogP contribution in [0.5, 0.6) is 0 Å². The van der Waals surface area contributed by atoms with Gasteiger partial charge in [0, 0.05) is 21.2 Å². The number of aliphatic hydroxyl groups excluding tert-OH is 1. The normalized spacial score (nSPS) is 12.2. The highest BCUT2D eigenvalue weighted by atomic mass is 35.5. The van der Waals surface area contributed by atoms with E-state index in [1.54, 1.807) is 36.4 Å². The first-order chi connectivity index (χ1) is 8.61. The van der Waals surface area contributed by atoms with Crippen LogP contribution in [0.4, 0.5) is 0 Å². The molecule has 0 spiro atoms. The van der Waals surface area contributed by atoms with Gasteiger partial charge in [-0.15, -0.1) is 0 Å². The number of halogens is 2. The molecule has 0 saturated heterocycles. The van der Waals surface area contributed by atoms with Crippen molar-refractivity contribution in [3.63, 3.8) is 0 Å². The standard InChI is InChI=1S/C14H10Cl2O2/c15-11-3-1-2-10(7-11)14(18)12-5-4-9(8-17)6-13(12)16/h1-8,14,18H. The van der Waals surface area contributed by atoms with Crippen LogP contribution in [-0.2, 0) is 0 Å². The second-order valence-electron chi connectivity index (χ2n) is 3.86. The summed E-state index contributed by atoms with van der Waals surface area (Å²) in [6, 6.07) is 11.7. The maximum absolute atomic E-state index is 10.6. The van der Waals surface area contributed by atoms with E-state index in [2.05, 4.69) is 0 Å². The number of benzene rings is 2. The van der Waals surface area contributed by atoms with Crippen LogP contribution < -0.4 is 0 Å². The number of carbonyl (C=O) groups is 1. The highest BCUT2D eigenvalue weighted by Crippen LogP contribution is 2.29. The van der Waals surface area contributed by atoms with Crippen molar-refractivity contribution in [2.75, 3.05) is 0 Å². The van der Waals surface area contributed by atoms with Crippen LogP contribution in [0.2, 0.25) is 10.0 Å². The SMILES string of the molecule is O=Cc1ccc(C(O)c2cccc(Cl)c2)c(Cl)c1. The van der Waals surface area contributed by atoms with Crippen molar-refractivity contribution in [3.8, 4) is 0 Å². The van der Waals surface area contributed by atoms with Gasteiger partial charge >= 0.3 is 0 Å². The summed E-state index contributed by atoms with van der Waals surface area (Å²) >= 11 is 11.9. The Morgan fingerprint density at radius 1 is 1.11 bits per heavy atom. The average Bonchev–Trinajstić information content (AvgIpc) is 2.37. The third-order valence-corrected chi connectivity index (χ3v) is 3.18. The van der Waals surface area contributed by atoms with Crippen LogP contribution in [0.25, 0.3) is 0 Å². The Kier molecular flexibility index (Phi) is 4.02. The van der Waals surface area contributed by atoms with E-state index in [0.29, 0.717) is 33.0 Å². The highest BCUT2D eigenvalue weighted by Gasteiger charge is 2.14. The molecule has 0 fully saturated rings. The van der Waals surface area contributed by atoms with E-state index in [0.717, 1.165) is 0 Å². The molecule has 0 heterocycles. The van der Waals surface area contributed by atoms with Crippen LogP contribution in [0.3, 0.4) is 0 Å². The quantitative estimate of drug-likeness (QED) is 0.867. The minimum atomic E-state index is -0.864. The molecular formula is C14H10Cl2O2. The van der Waals surface area contributed by atoms with Crippen molar-refractivity contribution in [2.45, 2.75) is 6.10 Å². The number of aldehydes is 1. The van der Waals surface area contributed by atoms with Gasteiger partial charge in [0.25, 0.3) is 0 Å². The second kappa shape index (κ2) is 5.53. The maximum Gasteiger partial charge on any atom is 0.150 e.